The predicted octanol–water partition coefficient (Wildman–Crippen LogP) is 3.17. The fourth-order valence-corrected chi connectivity index (χ4v) is 3.56. The maximum Gasteiger partial charge on any atom is 0.266 e. The van der Waals surface area contributed by atoms with Gasteiger partial charge in [-0.2, -0.15) is 0 Å². The van der Waals surface area contributed by atoms with Gasteiger partial charge >= 0.3 is 0 Å². The Balaban J connectivity index is 1.85. The maximum absolute atomic E-state index is 12.8. The Hall–Kier alpha value is -3.13. The molecule has 7 nitrogen and oxygen atoms in total. The Morgan fingerprint density at radius 2 is 1.78 bits per heavy atom. The van der Waals surface area contributed by atoms with Crippen LogP contribution in [0.2, 0.25) is 0 Å². The first-order valence-corrected chi connectivity index (χ1v) is 9.63. The Kier molecular flexibility index (Phi) is 5.56. The van der Waals surface area contributed by atoms with E-state index in [1.54, 1.807) is 12.1 Å². The van der Waals surface area contributed by atoms with Crippen molar-refractivity contribution in [2.45, 2.75) is 18.4 Å². The van der Waals surface area contributed by atoms with Crippen molar-refractivity contribution in [1.29, 1.82) is 0 Å². The number of methoxy groups -OCH3 is 1. The minimum absolute atomic E-state index is 0.00950. The van der Waals surface area contributed by atoms with Gasteiger partial charge in [0, 0.05) is 12.4 Å². The number of nitrogens with zero attached hydrogens (tertiary/aromatic N) is 2. The molecule has 0 amide bonds. The molecule has 0 fully saturated rings. The Morgan fingerprint density at radius 1 is 1.04 bits per heavy atom. The normalized spacial score (nSPS) is 11.0. The first-order chi connectivity index (χ1) is 13.0. The Labute approximate surface area is 158 Å². The molecule has 0 unspecified atom stereocenters. The zero-order valence-corrected chi connectivity index (χ0v) is 15.7. The number of sulfonamides is 1. The van der Waals surface area contributed by atoms with Gasteiger partial charge in [-0.15, -0.1) is 0 Å². The summed E-state index contributed by atoms with van der Waals surface area (Å²) in [5.74, 6) is 0.352. The van der Waals surface area contributed by atoms with Gasteiger partial charge in [0.2, 0.25) is 5.82 Å². The summed E-state index contributed by atoms with van der Waals surface area (Å²) in [6.45, 7) is 2.09. The van der Waals surface area contributed by atoms with Crippen LogP contribution in [0.3, 0.4) is 0 Å². The lowest BCUT2D eigenvalue weighted by atomic mass is 10.2. The first kappa shape index (κ1) is 18.7. The molecule has 2 aromatic carbocycles. The minimum atomic E-state index is -3.94. The molecule has 3 aromatic rings. The molecule has 0 aliphatic rings. The number of benzene rings is 2. The van der Waals surface area contributed by atoms with E-state index in [1.165, 1.54) is 25.6 Å². The van der Waals surface area contributed by atoms with Crippen molar-refractivity contribution >= 4 is 15.8 Å². The van der Waals surface area contributed by atoms with E-state index in [-0.39, 0.29) is 28.9 Å². The van der Waals surface area contributed by atoms with E-state index >= 15 is 0 Å². The molecule has 1 heterocycles. The second-order valence-electron chi connectivity index (χ2n) is 5.74. The minimum Gasteiger partial charge on any atom is -0.495 e. The zero-order chi connectivity index (χ0) is 19.3. The van der Waals surface area contributed by atoms with Crippen LogP contribution in [0.1, 0.15) is 11.1 Å². The third kappa shape index (κ3) is 4.53. The predicted molar refractivity (Wildman–Crippen MR) is 101 cm³/mol. The van der Waals surface area contributed by atoms with E-state index < -0.39 is 10.0 Å². The molecular weight excluding hydrogens is 366 g/mol. The first-order valence-electron chi connectivity index (χ1n) is 8.15. The molecule has 8 heteroatoms. The van der Waals surface area contributed by atoms with Crippen LogP contribution in [0.15, 0.2) is 65.8 Å². The molecular formula is C19H19N3O4S. The fourth-order valence-electron chi connectivity index (χ4n) is 2.41. The topological polar surface area (TPSA) is 90.4 Å². The van der Waals surface area contributed by atoms with Gasteiger partial charge in [-0.1, -0.05) is 36.4 Å². The number of aryl methyl sites for hydroxylation is 1. The van der Waals surface area contributed by atoms with E-state index in [4.69, 9.17) is 9.47 Å². The smallest absolute Gasteiger partial charge is 0.266 e. The molecule has 0 saturated heterocycles. The van der Waals surface area contributed by atoms with E-state index in [9.17, 15) is 8.42 Å². The van der Waals surface area contributed by atoms with Gasteiger partial charge < -0.3 is 9.47 Å². The summed E-state index contributed by atoms with van der Waals surface area (Å²) in [6, 6.07) is 14.3. The number of hydrogen-bond acceptors (Lipinski definition) is 6. The van der Waals surface area contributed by atoms with Gasteiger partial charge in [0.1, 0.15) is 17.3 Å². The van der Waals surface area contributed by atoms with E-state index in [1.807, 2.05) is 37.3 Å². The molecule has 0 bridgehead atoms. The van der Waals surface area contributed by atoms with Crippen molar-refractivity contribution < 1.29 is 17.9 Å². The summed E-state index contributed by atoms with van der Waals surface area (Å²) in [6.07, 6.45) is 2.82. The zero-order valence-electron chi connectivity index (χ0n) is 14.9. The number of aromatic nitrogens is 2. The van der Waals surface area contributed by atoms with Crippen molar-refractivity contribution in [3.63, 3.8) is 0 Å². The van der Waals surface area contributed by atoms with Gasteiger partial charge in [0.25, 0.3) is 15.9 Å². The number of rotatable bonds is 7. The van der Waals surface area contributed by atoms with Gasteiger partial charge in [-0.05, 0) is 30.2 Å². The highest BCUT2D eigenvalue weighted by Gasteiger charge is 2.22. The molecule has 0 aliphatic heterocycles. The van der Waals surface area contributed by atoms with E-state index in [0.29, 0.717) is 0 Å². The van der Waals surface area contributed by atoms with Crippen molar-refractivity contribution in [2.24, 2.45) is 0 Å². The van der Waals surface area contributed by atoms with Crippen LogP contribution in [0.25, 0.3) is 0 Å². The quantitative estimate of drug-likeness (QED) is 0.672. The fraction of sp³-hybridized carbons (Fsp3) is 0.158. The molecule has 3 rings (SSSR count). The molecule has 27 heavy (non-hydrogen) atoms. The van der Waals surface area contributed by atoms with E-state index in [2.05, 4.69) is 14.7 Å². The second kappa shape index (κ2) is 8.05. The summed E-state index contributed by atoms with van der Waals surface area (Å²) < 4.78 is 38.9. The highest BCUT2D eigenvalue weighted by atomic mass is 32.2. The van der Waals surface area contributed by atoms with E-state index in [0.717, 1.165) is 11.1 Å². The molecule has 1 aromatic heterocycles. The van der Waals surface area contributed by atoms with Crippen LogP contribution in [0.4, 0.5) is 5.82 Å². The van der Waals surface area contributed by atoms with Crippen LogP contribution >= 0.6 is 0 Å². The van der Waals surface area contributed by atoms with Gasteiger partial charge in [-0.25, -0.2) is 18.4 Å². The molecule has 1 N–H and O–H groups in total. The lowest BCUT2D eigenvalue weighted by Crippen LogP contribution is -2.16. The number of nitrogens with one attached hydrogen (secondary N) is 1. The average molecular weight is 385 g/mol. The Bertz CT molecular complexity index is 1020. The second-order valence-corrected chi connectivity index (χ2v) is 7.40. The number of anilines is 1. The maximum atomic E-state index is 12.8. The molecule has 0 radical (unpaired) electrons. The van der Waals surface area contributed by atoms with Gasteiger partial charge in [0.05, 0.1) is 7.11 Å². The average Bonchev–Trinajstić information content (AvgIpc) is 2.67. The van der Waals surface area contributed by atoms with Crippen molar-refractivity contribution in [1.82, 2.24) is 9.97 Å². The highest BCUT2D eigenvalue weighted by molar-refractivity contribution is 7.92. The van der Waals surface area contributed by atoms with Crippen LogP contribution in [0.5, 0.6) is 11.6 Å². The summed E-state index contributed by atoms with van der Waals surface area (Å²) >= 11 is 0. The molecule has 0 saturated carbocycles. The highest BCUT2D eigenvalue weighted by Crippen LogP contribution is 2.28. The summed E-state index contributed by atoms with van der Waals surface area (Å²) in [4.78, 5) is 8.15. The molecule has 0 aliphatic carbocycles. The van der Waals surface area contributed by atoms with Crippen LogP contribution in [0, 0.1) is 6.92 Å². The summed E-state index contributed by atoms with van der Waals surface area (Å²) in [7, 11) is -2.51. The van der Waals surface area contributed by atoms with Crippen LogP contribution in [-0.4, -0.2) is 25.5 Å². The monoisotopic (exact) mass is 385 g/mol. The number of hydrogen-bond donors (Lipinski definition) is 1. The third-order valence-corrected chi connectivity index (χ3v) is 5.10. The summed E-state index contributed by atoms with van der Waals surface area (Å²) in [5, 5.41) is 0. The van der Waals surface area contributed by atoms with Crippen LogP contribution < -0.4 is 14.2 Å². The van der Waals surface area contributed by atoms with Crippen molar-refractivity contribution in [3.05, 3.63) is 72.1 Å². The SMILES string of the molecule is COc1cc(C)ccc1S(=O)(=O)Nc1nccnc1OCc1ccccc1. The standard InChI is InChI=1S/C19H19N3O4S/c1-14-8-9-17(16(12-14)25-2)27(23,24)22-18-19(21-11-10-20-18)26-13-15-6-4-3-5-7-15/h3-12H,13H2,1-2H3,(H,20,22). The van der Waals surface area contributed by atoms with Gasteiger partial charge in [-0.3, -0.25) is 4.72 Å². The van der Waals surface area contributed by atoms with Crippen molar-refractivity contribution in [2.75, 3.05) is 11.8 Å². The lowest BCUT2D eigenvalue weighted by Gasteiger charge is -2.13. The molecule has 140 valence electrons. The van der Waals surface area contributed by atoms with Crippen molar-refractivity contribution in [3.8, 4) is 11.6 Å². The summed E-state index contributed by atoms with van der Waals surface area (Å²) in [5.41, 5.74) is 1.81. The largest absolute Gasteiger partial charge is 0.495 e. The number of ether oxygens (including phenoxy) is 2. The third-order valence-electron chi connectivity index (χ3n) is 3.72. The Morgan fingerprint density at radius 3 is 2.52 bits per heavy atom. The lowest BCUT2D eigenvalue weighted by molar-refractivity contribution is 0.294. The van der Waals surface area contributed by atoms with Crippen LogP contribution in [-0.2, 0) is 16.6 Å². The molecule has 0 atom stereocenters. The molecule has 0 spiro atoms. The van der Waals surface area contributed by atoms with Gasteiger partial charge in [0.15, 0.2) is 0 Å².